The number of ketones is 1. The third kappa shape index (κ3) is 4.85. The maximum absolute atomic E-state index is 11.7. The number of Topliss-reactive ketones (excluding diaryl/α,β-unsaturated/α-hetero) is 1. The second-order valence-electron chi connectivity index (χ2n) is 5.25. The van der Waals surface area contributed by atoms with E-state index in [-0.39, 0.29) is 5.78 Å². The normalized spacial score (nSPS) is 11.3. The molecule has 0 heterocycles. The highest BCUT2D eigenvalue weighted by atomic mass is 16.1. The predicted molar refractivity (Wildman–Crippen MR) is 90.5 cm³/mol. The minimum Gasteiger partial charge on any atom is -0.293 e. The smallest absolute Gasteiger partial charge is 0.175 e. The van der Waals surface area contributed by atoms with Crippen molar-refractivity contribution in [2.24, 2.45) is 5.10 Å². The summed E-state index contributed by atoms with van der Waals surface area (Å²) < 4.78 is 0. The first-order valence-corrected chi connectivity index (χ1v) is 7.60. The van der Waals surface area contributed by atoms with Gasteiger partial charge in [0.05, 0.1) is 13.1 Å². The lowest BCUT2D eigenvalue weighted by atomic mass is 10.2. The van der Waals surface area contributed by atoms with Crippen LogP contribution in [0.1, 0.15) is 31.4 Å². The zero-order chi connectivity index (χ0) is 15.8. The van der Waals surface area contributed by atoms with Crippen molar-refractivity contribution >= 4 is 11.5 Å². The van der Waals surface area contributed by atoms with E-state index in [1.807, 2.05) is 48.3 Å². The lowest BCUT2D eigenvalue weighted by Crippen LogP contribution is -2.21. The molecule has 0 fully saturated rings. The summed E-state index contributed by atoms with van der Waals surface area (Å²) in [5, 5.41) is 6.55. The Morgan fingerprint density at radius 3 is 1.73 bits per heavy atom. The fourth-order valence-corrected chi connectivity index (χ4v) is 2.28. The third-order valence-electron chi connectivity index (χ3n) is 3.42. The highest BCUT2D eigenvalue weighted by molar-refractivity contribution is 6.38. The molecule has 2 aromatic carbocycles. The van der Waals surface area contributed by atoms with Crippen molar-refractivity contribution in [2.45, 2.75) is 33.4 Å². The Hall–Kier alpha value is -2.42. The molecule has 114 valence electrons. The van der Waals surface area contributed by atoms with E-state index >= 15 is 0 Å². The molecule has 0 atom stereocenters. The summed E-state index contributed by atoms with van der Waals surface area (Å²) in [6, 6.07) is 20.4. The van der Waals surface area contributed by atoms with E-state index in [1.165, 1.54) is 11.1 Å². The van der Waals surface area contributed by atoms with Crippen LogP contribution in [0.5, 0.6) is 0 Å². The summed E-state index contributed by atoms with van der Waals surface area (Å²) in [5.74, 6) is 0.0358. The second kappa shape index (κ2) is 8.13. The van der Waals surface area contributed by atoms with Gasteiger partial charge in [0, 0.05) is 6.92 Å². The van der Waals surface area contributed by atoms with Gasteiger partial charge in [0.1, 0.15) is 5.71 Å². The Morgan fingerprint density at radius 2 is 1.36 bits per heavy atom. The minimum atomic E-state index is 0.0358. The molecular weight excluding hydrogens is 272 g/mol. The van der Waals surface area contributed by atoms with Gasteiger partial charge in [0.2, 0.25) is 0 Å². The number of carbonyl (C=O) groups is 1. The van der Waals surface area contributed by atoms with Crippen LogP contribution in [-0.4, -0.2) is 16.5 Å². The SMILES string of the molecule is CC/C(=N\N(Cc1ccccc1)Cc1ccccc1)C(C)=O. The van der Waals surface area contributed by atoms with Crippen LogP contribution in [-0.2, 0) is 17.9 Å². The van der Waals surface area contributed by atoms with Crippen LogP contribution in [0, 0.1) is 0 Å². The standard InChI is InChI=1S/C19H22N2O/c1-3-19(16(2)22)20-21(14-17-10-6-4-7-11-17)15-18-12-8-5-9-13-18/h4-13H,3,14-15H2,1-2H3/b20-19+. The fourth-order valence-electron chi connectivity index (χ4n) is 2.28. The van der Waals surface area contributed by atoms with Gasteiger partial charge in [-0.05, 0) is 17.5 Å². The largest absolute Gasteiger partial charge is 0.293 e. The summed E-state index contributed by atoms with van der Waals surface area (Å²) in [6.45, 7) is 4.91. The Balaban J connectivity index is 2.22. The molecule has 0 N–H and O–H groups in total. The third-order valence-corrected chi connectivity index (χ3v) is 3.42. The first-order valence-electron chi connectivity index (χ1n) is 7.60. The fraction of sp³-hybridized carbons (Fsp3) is 0.263. The van der Waals surface area contributed by atoms with E-state index < -0.39 is 0 Å². The van der Waals surface area contributed by atoms with Gasteiger partial charge in [-0.25, -0.2) is 0 Å². The molecule has 0 aromatic heterocycles. The molecule has 0 saturated heterocycles. The van der Waals surface area contributed by atoms with Crippen LogP contribution in [0.15, 0.2) is 65.8 Å². The molecule has 0 unspecified atom stereocenters. The molecular formula is C19H22N2O. The summed E-state index contributed by atoms with van der Waals surface area (Å²) in [4.78, 5) is 11.7. The van der Waals surface area contributed by atoms with E-state index in [2.05, 4.69) is 29.4 Å². The van der Waals surface area contributed by atoms with Gasteiger partial charge in [0.25, 0.3) is 0 Å². The molecule has 0 saturated carbocycles. The predicted octanol–water partition coefficient (Wildman–Crippen LogP) is 4.04. The van der Waals surface area contributed by atoms with Crippen LogP contribution in [0.3, 0.4) is 0 Å². The number of hydrogen-bond acceptors (Lipinski definition) is 3. The average Bonchev–Trinajstić information content (AvgIpc) is 2.54. The van der Waals surface area contributed by atoms with Crippen molar-refractivity contribution in [1.82, 2.24) is 5.01 Å². The van der Waals surface area contributed by atoms with Gasteiger partial charge in [-0.2, -0.15) is 5.10 Å². The number of benzene rings is 2. The molecule has 0 radical (unpaired) electrons. The van der Waals surface area contributed by atoms with Gasteiger partial charge < -0.3 is 0 Å². The van der Waals surface area contributed by atoms with Gasteiger partial charge in [-0.15, -0.1) is 0 Å². The molecule has 0 amide bonds. The molecule has 3 nitrogen and oxygen atoms in total. The minimum absolute atomic E-state index is 0.0358. The number of hydrogen-bond donors (Lipinski definition) is 0. The summed E-state index contributed by atoms with van der Waals surface area (Å²) in [7, 11) is 0. The highest BCUT2D eigenvalue weighted by Crippen LogP contribution is 2.11. The van der Waals surface area contributed by atoms with Gasteiger partial charge in [-0.3, -0.25) is 9.80 Å². The zero-order valence-corrected chi connectivity index (χ0v) is 13.2. The molecule has 3 heteroatoms. The van der Waals surface area contributed by atoms with Gasteiger partial charge in [0.15, 0.2) is 5.78 Å². The highest BCUT2D eigenvalue weighted by Gasteiger charge is 2.09. The lowest BCUT2D eigenvalue weighted by Gasteiger charge is -2.20. The molecule has 0 spiro atoms. The molecule has 0 aliphatic carbocycles. The van der Waals surface area contributed by atoms with Crippen molar-refractivity contribution in [3.05, 3.63) is 71.8 Å². The Labute approximate surface area is 132 Å². The number of rotatable bonds is 7. The molecule has 0 aliphatic heterocycles. The van der Waals surface area contributed by atoms with Crippen LogP contribution < -0.4 is 0 Å². The van der Waals surface area contributed by atoms with Crippen molar-refractivity contribution in [3.8, 4) is 0 Å². The molecule has 0 bridgehead atoms. The van der Waals surface area contributed by atoms with Crippen molar-refractivity contribution in [3.63, 3.8) is 0 Å². The Kier molecular flexibility index (Phi) is 5.90. The maximum Gasteiger partial charge on any atom is 0.175 e. The quantitative estimate of drug-likeness (QED) is 0.570. The number of nitrogens with zero attached hydrogens (tertiary/aromatic N) is 2. The van der Waals surface area contributed by atoms with Crippen LogP contribution in [0.2, 0.25) is 0 Å². The maximum atomic E-state index is 11.7. The Morgan fingerprint density at radius 1 is 0.909 bits per heavy atom. The van der Waals surface area contributed by atoms with E-state index in [4.69, 9.17) is 0 Å². The summed E-state index contributed by atoms with van der Waals surface area (Å²) in [5.41, 5.74) is 2.98. The van der Waals surface area contributed by atoms with Crippen molar-refractivity contribution in [2.75, 3.05) is 0 Å². The van der Waals surface area contributed by atoms with E-state index in [1.54, 1.807) is 6.92 Å². The first kappa shape index (κ1) is 16.0. The van der Waals surface area contributed by atoms with E-state index in [0.29, 0.717) is 25.2 Å². The van der Waals surface area contributed by atoms with E-state index in [9.17, 15) is 4.79 Å². The topological polar surface area (TPSA) is 32.7 Å². The monoisotopic (exact) mass is 294 g/mol. The Bertz CT molecular complexity index is 579. The van der Waals surface area contributed by atoms with Gasteiger partial charge in [-0.1, -0.05) is 67.6 Å². The van der Waals surface area contributed by atoms with E-state index in [0.717, 1.165) is 0 Å². The average molecular weight is 294 g/mol. The lowest BCUT2D eigenvalue weighted by molar-refractivity contribution is -0.111. The van der Waals surface area contributed by atoms with Gasteiger partial charge >= 0.3 is 0 Å². The number of carbonyl (C=O) groups excluding carboxylic acids is 1. The second-order valence-corrected chi connectivity index (χ2v) is 5.25. The van der Waals surface area contributed by atoms with Crippen LogP contribution in [0.4, 0.5) is 0 Å². The number of hydrazone groups is 1. The molecule has 0 aliphatic rings. The van der Waals surface area contributed by atoms with Crippen molar-refractivity contribution < 1.29 is 4.79 Å². The first-order chi connectivity index (χ1) is 10.7. The van der Waals surface area contributed by atoms with Crippen LogP contribution >= 0.6 is 0 Å². The molecule has 2 rings (SSSR count). The summed E-state index contributed by atoms with van der Waals surface area (Å²) >= 11 is 0. The van der Waals surface area contributed by atoms with Crippen LogP contribution in [0.25, 0.3) is 0 Å². The molecule has 2 aromatic rings. The molecule has 22 heavy (non-hydrogen) atoms. The van der Waals surface area contributed by atoms with Crippen molar-refractivity contribution in [1.29, 1.82) is 0 Å². The summed E-state index contributed by atoms with van der Waals surface area (Å²) in [6.07, 6.45) is 0.648. The zero-order valence-electron chi connectivity index (χ0n) is 13.2.